The first-order valence-electron chi connectivity index (χ1n) is 5.16. The monoisotopic (exact) mass is 195 g/mol. The first kappa shape index (κ1) is 9.22. The molecule has 1 atom stereocenters. The third-order valence-corrected chi connectivity index (χ3v) is 4.04. The molecular formula is C11H17NS. The maximum atomic E-state index is 3.59. The van der Waals surface area contributed by atoms with E-state index in [0.29, 0.717) is 0 Å². The second-order valence-corrected chi connectivity index (χ2v) is 4.67. The van der Waals surface area contributed by atoms with Crippen molar-refractivity contribution in [1.82, 2.24) is 5.32 Å². The van der Waals surface area contributed by atoms with Crippen LogP contribution in [0.15, 0.2) is 5.38 Å². The average molecular weight is 195 g/mol. The molecule has 0 bridgehead atoms. The van der Waals surface area contributed by atoms with Crippen molar-refractivity contribution in [1.29, 1.82) is 0 Å². The van der Waals surface area contributed by atoms with E-state index in [9.17, 15) is 0 Å². The SMILES string of the molecule is CCc1csc2c1CNC(CC)C2. The number of nitrogens with one attached hydrogen (secondary N) is 1. The van der Waals surface area contributed by atoms with Gasteiger partial charge in [0.15, 0.2) is 0 Å². The van der Waals surface area contributed by atoms with Gasteiger partial charge < -0.3 is 5.32 Å². The van der Waals surface area contributed by atoms with Crippen molar-refractivity contribution in [2.75, 3.05) is 0 Å². The first-order valence-corrected chi connectivity index (χ1v) is 6.04. The lowest BCUT2D eigenvalue weighted by atomic mass is 9.99. The van der Waals surface area contributed by atoms with Crippen LogP contribution in [-0.4, -0.2) is 6.04 Å². The van der Waals surface area contributed by atoms with Gasteiger partial charge in [0.1, 0.15) is 0 Å². The van der Waals surface area contributed by atoms with E-state index in [-0.39, 0.29) is 0 Å². The lowest BCUT2D eigenvalue weighted by molar-refractivity contribution is 0.471. The molecular weight excluding hydrogens is 178 g/mol. The largest absolute Gasteiger partial charge is 0.310 e. The highest BCUT2D eigenvalue weighted by Gasteiger charge is 2.19. The molecule has 0 aromatic carbocycles. The normalized spacial score (nSPS) is 21.5. The lowest BCUT2D eigenvalue weighted by Crippen LogP contribution is -2.34. The van der Waals surface area contributed by atoms with E-state index < -0.39 is 0 Å². The van der Waals surface area contributed by atoms with Crippen LogP contribution in [0.2, 0.25) is 0 Å². The van der Waals surface area contributed by atoms with Gasteiger partial charge >= 0.3 is 0 Å². The third-order valence-electron chi connectivity index (χ3n) is 2.94. The van der Waals surface area contributed by atoms with Crippen LogP contribution in [0, 0.1) is 0 Å². The molecule has 0 amide bonds. The van der Waals surface area contributed by atoms with Crippen molar-refractivity contribution in [2.24, 2.45) is 0 Å². The number of aryl methyl sites for hydroxylation is 1. The molecule has 1 aromatic rings. The third kappa shape index (κ3) is 1.65. The van der Waals surface area contributed by atoms with Gasteiger partial charge in [-0.3, -0.25) is 0 Å². The van der Waals surface area contributed by atoms with Crippen LogP contribution >= 0.6 is 11.3 Å². The summed E-state index contributed by atoms with van der Waals surface area (Å²) in [6.07, 6.45) is 3.68. The van der Waals surface area contributed by atoms with Crippen LogP contribution in [0.4, 0.5) is 0 Å². The maximum absolute atomic E-state index is 3.59. The van der Waals surface area contributed by atoms with Gasteiger partial charge in [-0.05, 0) is 35.8 Å². The van der Waals surface area contributed by atoms with E-state index in [1.54, 1.807) is 16.0 Å². The second-order valence-electron chi connectivity index (χ2n) is 3.71. The van der Waals surface area contributed by atoms with E-state index in [4.69, 9.17) is 0 Å². The Bertz CT molecular complexity index is 290. The maximum Gasteiger partial charge on any atom is 0.0222 e. The van der Waals surface area contributed by atoms with E-state index >= 15 is 0 Å². The molecule has 72 valence electrons. The molecule has 1 N–H and O–H groups in total. The fourth-order valence-electron chi connectivity index (χ4n) is 1.97. The Kier molecular flexibility index (Phi) is 2.70. The van der Waals surface area contributed by atoms with Crippen LogP contribution in [-0.2, 0) is 19.4 Å². The van der Waals surface area contributed by atoms with Crippen LogP contribution in [0.3, 0.4) is 0 Å². The predicted molar refractivity (Wildman–Crippen MR) is 58.3 cm³/mol. The van der Waals surface area contributed by atoms with Crippen molar-refractivity contribution in [3.8, 4) is 0 Å². The van der Waals surface area contributed by atoms with Gasteiger partial charge in [0.2, 0.25) is 0 Å². The number of rotatable bonds is 2. The molecule has 1 aliphatic rings. The molecule has 1 nitrogen and oxygen atoms in total. The molecule has 2 rings (SSSR count). The Morgan fingerprint density at radius 1 is 1.54 bits per heavy atom. The number of hydrogen-bond acceptors (Lipinski definition) is 2. The van der Waals surface area contributed by atoms with Crippen molar-refractivity contribution >= 4 is 11.3 Å². The summed E-state index contributed by atoms with van der Waals surface area (Å²) < 4.78 is 0. The van der Waals surface area contributed by atoms with E-state index in [1.165, 1.54) is 19.3 Å². The summed E-state index contributed by atoms with van der Waals surface area (Å²) >= 11 is 1.96. The lowest BCUT2D eigenvalue weighted by Gasteiger charge is -2.23. The van der Waals surface area contributed by atoms with E-state index in [1.807, 2.05) is 11.3 Å². The molecule has 0 fully saturated rings. The van der Waals surface area contributed by atoms with Gasteiger partial charge in [-0.15, -0.1) is 11.3 Å². The summed E-state index contributed by atoms with van der Waals surface area (Å²) in [5.74, 6) is 0. The molecule has 1 aromatic heterocycles. The molecule has 0 spiro atoms. The summed E-state index contributed by atoms with van der Waals surface area (Å²) in [7, 11) is 0. The van der Waals surface area contributed by atoms with Gasteiger partial charge in [0, 0.05) is 17.5 Å². The molecule has 13 heavy (non-hydrogen) atoms. The van der Waals surface area contributed by atoms with E-state index in [0.717, 1.165) is 12.6 Å². The summed E-state index contributed by atoms with van der Waals surface area (Å²) in [4.78, 5) is 1.63. The Hall–Kier alpha value is -0.340. The smallest absolute Gasteiger partial charge is 0.0222 e. The molecule has 2 heterocycles. The zero-order valence-electron chi connectivity index (χ0n) is 8.39. The number of hydrogen-bond donors (Lipinski definition) is 1. The highest BCUT2D eigenvalue weighted by molar-refractivity contribution is 7.10. The summed E-state index contributed by atoms with van der Waals surface area (Å²) in [6.45, 7) is 5.60. The van der Waals surface area contributed by atoms with Crippen molar-refractivity contribution < 1.29 is 0 Å². The van der Waals surface area contributed by atoms with Crippen molar-refractivity contribution in [2.45, 2.75) is 45.7 Å². The molecule has 0 saturated heterocycles. The Morgan fingerprint density at radius 3 is 3.08 bits per heavy atom. The Balaban J connectivity index is 2.22. The highest BCUT2D eigenvalue weighted by Crippen LogP contribution is 2.28. The fourth-order valence-corrected chi connectivity index (χ4v) is 3.21. The van der Waals surface area contributed by atoms with Crippen molar-refractivity contribution in [3.63, 3.8) is 0 Å². The molecule has 0 radical (unpaired) electrons. The fraction of sp³-hybridized carbons (Fsp3) is 0.636. The zero-order chi connectivity index (χ0) is 9.26. The first-order chi connectivity index (χ1) is 6.35. The molecule has 0 saturated carbocycles. The predicted octanol–water partition coefficient (Wildman–Crippen LogP) is 2.73. The molecule has 1 aliphatic heterocycles. The van der Waals surface area contributed by atoms with Gasteiger partial charge in [0.05, 0.1) is 0 Å². The summed E-state index contributed by atoms with van der Waals surface area (Å²) in [5, 5.41) is 5.93. The summed E-state index contributed by atoms with van der Waals surface area (Å²) in [5.41, 5.74) is 3.15. The zero-order valence-corrected chi connectivity index (χ0v) is 9.21. The standard InChI is InChI=1S/C11H17NS/c1-3-8-7-13-11-5-9(4-2)12-6-10(8)11/h7,9,12H,3-6H2,1-2H3. The van der Waals surface area contributed by atoms with Crippen LogP contribution in [0.25, 0.3) is 0 Å². The van der Waals surface area contributed by atoms with Crippen LogP contribution < -0.4 is 5.32 Å². The van der Waals surface area contributed by atoms with Crippen LogP contribution in [0.5, 0.6) is 0 Å². The minimum Gasteiger partial charge on any atom is -0.310 e. The molecule has 0 aliphatic carbocycles. The topological polar surface area (TPSA) is 12.0 Å². The van der Waals surface area contributed by atoms with Gasteiger partial charge in [-0.25, -0.2) is 0 Å². The minimum atomic E-state index is 0.718. The second kappa shape index (κ2) is 3.81. The highest BCUT2D eigenvalue weighted by atomic mass is 32.1. The van der Waals surface area contributed by atoms with Crippen LogP contribution in [0.1, 0.15) is 36.3 Å². The Labute approximate surface area is 84.2 Å². The Morgan fingerprint density at radius 2 is 2.38 bits per heavy atom. The number of thiophene rings is 1. The molecule has 2 heteroatoms. The summed E-state index contributed by atoms with van der Waals surface area (Å²) in [6, 6.07) is 0.718. The van der Waals surface area contributed by atoms with Crippen molar-refractivity contribution in [3.05, 3.63) is 21.4 Å². The molecule has 1 unspecified atom stereocenters. The minimum absolute atomic E-state index is 0.718. The quantitative estimate of drug-likeness (QED) is 0.765. The van der Waals surface area contributed by atoms with E-state index in [2.05, 4.69) is 24.5 Å². The van der Waals surface area contributed by atoms with Gasteiger partial charge in [-0.2, -0.15) is 0 Å². The van der Waals surface area contributed by atoms with Gasteiger partial charge in [-0.1, -0.05) is 13.8 Å². The number of fused-ring (bicyclic) bond motifs is 1. The van der Waals surface area contributed by atoms with Gasteiger partial charge in [0.25, 0.3) is 0 Å². The average Bonchev–Trinajstić information content (AvgIpc) is 2.59.